The smallest absolute Gasteiger partial charge is 0.196 e. The summed E-state index contributed by atoms with van der Waals surface area (Å²) < 4.78 is 0.637. The first kappa shape index (κ1) is 12.8. The van der Waals surface area contributed by atoms with E-state index in [0.717, 1.165) is 31.0 Å². The third-order valence-electron chi connectivity index (χ3n) is 3.47. The van der Waals surface area contributed by atoms with Crippen LogP contribution < -0.4 is 10.6 Å². The van der Waals surface area contributed by atoms with E-state index in [1.54, 1.807) is 0 Å². The number of rotatable bonds is 3. The molecule has 1 saturated carbocycles. The molecule has 2 N–H and O–H groups in total. The summed E-state index contributed by atoms with van der Waals surface area (Å²) in [5, 5.41) is 0. The second-order valence-electron chi connectivity index (χ2n) is 4.87. The highest BCUT2D eigenvalue weighted by atomic mass is 79.9. The highest BCUT2D eigenvalue weighted by molar-refractivity contribution is 9.10. The number of nitrogens with zero attached hydrogens (tertiary/aromatic N) is 3. The Hall–Kier alpha value is -0.680. The standard InChI is InChI=1S/C12H19BrN4/c1-17(11-6-15-12(13)16-7-11)8-9-2-4-10(14)5-3-9/h6-7,9-10H,2-5,8,14H2,1H3/t9-,10-. The van der Waals surface area contributed by atoms with E-state index < -0.39 is 0 Å². The fraction of sp³-hybridized carbons (Fsp3) is 0.667. The molecule has 0 spiro atoms. The number of hydrogen-bond donors (Lipinski definition) is 1. The number of nitrogens with two attached hydrogens (primary N) is 1. The molecule has 1 aromatic rings. The SMILES string of the molecule is CN(C[C@H]1CC[C@H](N)CC1)c1cnc(Br)nc1. The van der Waals surface area contributed by atoms with E-state index in [0.29, 0.717) is 10.8 Å². The lowest BCUT2D eigenvalue weighted by molar-refractivity contribution is 0.330. The van der Waals surface area contributed by atoms with Gasteiger partial charge in [-0.15, -0.1) is 0 Å². The minimum atomic E-state index is 0.424. The maximum atomic E-state index is 5.92. The summed E-state index contributed by atoms with van der Waals surface area (Å²) in [5.74, 6) is 0.753. The lowest BCUT2D eigenvalue weighted by atomic mass is 9.86. The van der Waals surface area contributed by atoms with Crippen LogP contribution in [0, 0.1) is 5.92 Å². The van der Waals surface area contributed by atoms with Gasteiger partial charge >= 0.3 is 0 Å². The van der Waals surface area contributed by atoms with Crippen molar-refractivity contribution < 1.29 is 0 Å². The van der Waals surface area contributed by atoms with Crippen LogP contribution >= 0.6 is 15.9 Å². The maximum Gasteiger partial charge on any atom is 0.196 e. The Labute approximate surface area is 111 Å². The van der Waals surface area contributed by atoms with Gasteiger partial charge in [0.25, 0.3) is 0 Å². The largest absolute Gasteiger partial charge is 0.372 e. The summed E-state index contributed by atoms with van der Waals surface area (Å²) in [5.41, 5.74) is 6.99. The van der Waals surface area contributed by atoms with E-state index in [-0.39, 0.29) is 0 Å². The van der Waals surface area contributed by atoms with Crippen molar-refractivity contribution in [1.82, 2.24) is 9.97 Å². The van der Waals surface area contributed by atoms with Crippen LogP contribution in [0.25, 0.3) is 0 Å². The van der Waals surface area contributed by atoms with Gasteiger partial charge in [0.05, 0.1) is 18.1 Å². The molecule has 0 amide bonds. The van der Waals surface area contributed by atoms with Crippen LogP contribution in [0.4, 0.5) is 5.69 Å². The molecule has 94 valence electrons. The topological polar surface area (TPSA) is 55.0 Å². The van der Waals surface area contributed by atoms with E-state index in [4.69, 9.17) is 5.73 Å². The molecule has 1 heterocycles. The average Bonchev–Trinajstić information content (AvgIpc) is 2.33. The fourth-order valence-corrected chi connectivity index (χ4v) is 2.57. The van der Waals surface area contributed by atoms with Gasteiger partial charge in [0, 0.05) is 19.6 Å². The van der Waals surface area contributed by atoms with Crippen molar-refractivity contribution in [3.8, 4) is 0 Å². The third kappa shape index (κ3) is 3.64. The van der Waals surface area contributed by atoms with E-state index in [2.05, 4.69) is 37.8 Å². The van der Waals surface area contributed by atoms with Crippen LogP contribution in [0.15, 0.2) is 17.1 Å². The van der Waals surface area contributed by atoms with Crippen LogP contribution in [0.3, 0.4) is 0 Å². The van der Waals surface area contributed by atoms with Crippen LogP contribution in [-0.2, 0) is 0 Å². The fourth-order valence-electron chi connectivity index (χ4n) is 2.37. The predicted octanol–water partition coefficient (Wildman–Crippen LogP) is 2.19. The Kier molecular flexibility index (Phi) is 4.34. The normalized spacial score (nSPS) is 24.6. The zero-order valence-corrected chi connectivity index (χ0v) is 11.7. The summed E-state index contributed by atoms with van der Waals surface area (Å²) in [7, 11) is 2.10. The molecule has 0 atom stereocenters. The van der Waals surface area contributed by atoms with Crippen molar-refractivity contribution >= 4 is 21.6 Å². The van der Waals surface area contributed by atoms with Gasteiger partial charge in [-0.2, -0.15) is 0 Å². The minimum Gasteiger partial charge on any atom is -0.372 e. The van der Waals surface area contributed by atoms with Crippen LogP contribution in [0.5, 0.6) is 0 Å². The van der Waals surface area contributed by atoms with Crippen LogP contribution in [0.2, 0.25) is 0 Å². The van der Waals surface area contributed by atoms with Gasteiger partial charge in [-0.1, -0.05) is 0 Å². The second kappa shape index (κ2) is 5.78. The summed E-state index contributed by atoms with van der Waals surface area (Å²) in [6.45, 7) is 1.07. The Balaban J connectivity index is 1.88. The number of hydrogen-bond acceptors (Lipinski definition) is 4. The molecule has 1 aliphatic carbocycles. The van der Waals surface area contributed by atoms with Crippen molar-refractivity contribution in [1.29, 1.82) is 0 Å². The minimum absolute atomic E-state index is 0.424. The molecule has 0 aromatic carbocycles. The quantitative estimate of drug-likeness (QED) is 0.869. The van der Waals surface area contributed by atoms with Crippen LogP contribution in [-0.4, -0.2) is 29.6 Å². The second-order valence-corrected chi connectivity index (χ2v) is 5.58. The molecular weight excluding hydrogens is 280 g/mol. The molecule has 0 unspecified atom stereocenters. The Morgan fingerprint density at radius 2 is 1.88 bits per heavy atom. The molecule has 0 saturated heterocycles. The van der Waals surface area contributed by atoms with Crippen molar-refractivity contribution in [2.75, 3.05) is 18.5 Å². The molecule has 1 aliphatic rings. The third-order valence-corrected chi connectivity index (χ3v) is 3.88. The van der Waals surface area contributed by atoms with E-state index >= 15 is 0 Å². The van der Waals surface area contributed by atoms with E-state index in [1.807, 2.05) is 12.4 Å². The molecule has 17 heavy (non-hydrogen) atoms. The highest BCUT2D eigenvalue weighted by Gasteiger charge is 2.19. The van der Waals surface area contributed by atoms with E-state index in [9.17, 15) is 0 Å². The van der Waals surface area contributed by atoms with Crippen molar-refractivity contribution in [3.05, 3.63) is 17.1 Å². The van der Waals surface area contributed by atoms with Gasteiger partial charge in [-0.3, -0.25) is 0 Å². The summed E-state index contributed by atoms with van der Waals surface area (Å²) in [6.07, 6.45) is 8.51. The molecule has 0 radical (unpaired) electrons. The zero-order valence-electron chi connectivity index (χ0n) is 10.1. The van der Waals surface area contributed by atoms with Gasteiger partial charge < -0.3 is 10.6 Å². The van der Waals surface area contributed by atoms with Gasteiger partial charge in [0.15, 0.2) is 4.73 Å². The van der Waals surface area contributed by atoms with Gasteiger partial charge in [-0.25, -0.2) is 9.97 Å². The van der Waals surface area contributed by atoms with E-state index in [1.165, 1.54) is 12.8 Å². The average molecular weight is 299 g/mol. The first-order chi connectivity index (χ1) is 8.15. The molecule has 1 fully saturated rings. The Bertz CT molecular complexity index is 346. The van der Waals surface area contributed by atoms with Crippen LogP contribution in [0.1, 0.15) is 25.7 Å². The van der Waals surface area contributed by atoms with Crippen molar-refractivity contribution in [2.45, 2.75) is 31.7 Å². The van der Waals surface area contributed by atoms with Gasteiger partial charge in [0.1, 0.15) is 0 Å². The molecule has 4 nitrogen and oxygen atoms in total. The molecule has 0 bridgehead atoms. The Morgan fingerprint density at radius 3 is 2.47 bits per heavy atom. The highest BCUT2D eigenvalue weighted by Crippen LogP contribution is 2.25. The summed E-state index contributed by atoms with van der Waals surface area (Å²) in [6, 6.07) is 0.424. The monoisotopic (exact) mass is 298 g/mol. The molecule has 1 aromatic heterocycles. The number of anilines is 1. The number of halogens is 1. The molecule has 2 rings (SSSR count). The summed E-state index contributed by atoms with van der Waals surface area (Å²) in [4.78, 5) is 10.5. The summed E-state index contributed by atoms with van der Waals surface area (Å²) >= 11 is 3.25. The first-order valence-corrected chi connectivity index (χ1v) is 6.88. The Morgan fingerprint density at radius 1 is 1.29 bits per heavy atom. The van der Waals surface area contributed by atoms with Crippen molar-refractivity contribution in [2.24, 2.45) is 11.7 Å². The van der Waals surface area contributed by atoms with Gasteiger partial charge in [-0.05, 0) is 47.5 Å². The zero-order chi connectivity index (χ0) is 12.3. The van der Waals surface area contributed by atoms with Gasteiger partial charge in [0.2, 0.25) is 0 Å². The maximum absolute atomic E-state index is 5.92. The first-order valence-electron chi connectivity index (χ1n) is 6.09. The van der Waals surface area contributed by atoms with Crippen molar-refractivity contribution in [3.63, 3.8) is 0 Å². The molecular formula is C12H19BrN4. The lowest BCUT2D eigenvalue weighted by Gasteiger charge is -2.30. The number of aromatic nitrogens is 2. The lowest BCUT2D eigenvalue weighted by Crippen LogP contribution is -2.32. The molecule has 0 aliphatic heterocycles. The predicted molar refractivity (Wildman–Crippen MR) is 72.9 cm³/mol. The molecule has 5 heteroatoms.